The van der Waals surface area contributed by atoms with Gasteiger partial charge in [-0.1, -0.05) is 0 Å². The first-order chi connectivity index (χ1) is 7.75. The highest BCUT2D eigenvalue weighted by atomic mass is 79.9. The van der Waals surface area contributed by atoms with Crippen LogP contribution in [-0.2, 0) is 0 Å². The smallest absolute Gasteiger partial charge is 0.307 e. The lowest BCUT2D eigenvalue weighted by Crippen LogP contribution is -2.16. The quantitative estimate of drug-likeness (QED) is 0.694. The molecule has 0 radical (unpaired) electrons. The number of amides is 1. The fourth-order valence-corrected chi connectivity index (χ4v) is 1.33. The molecule has 0 spiro atoms. The Labute approximate surface area is 99.3 Å². The van der Waals surface area contributed by atoms with E-state index in [1.807, 2.05) is 0 Å². The number of furan rings is 2. The van der Waals surface area contributed by atoms with E-state index in [-0.39, 0.29) is 5.76 Å². The number of hydrogen-bond donors (Lipinski definition) is 1. The van der Waals surface area contributed by atoms with Gasteiger partial charge in [0.2, 0.25) is 0 Å². The molecule has 0 unspecified atom stereocenters. The summed E-state index contributed by atoms with van der Waals surface area (Å²) < 4.78 is 10.6. The molecule has 5 nitrogen and oxygen atoms in total. The van der Waals surface area contributed by atoms with Crippen LogP contribution in [0.2, 0.25) is 0 Å². The minimum Gasteiger partial charge on any atom is -0.459 e. The number of carbonyl (C=O) groups excluding carboxylic acids is 1. The lowest BCUT2D eigenvalue weighted by molar-refractivity contribution is 0.0927. The van der Waals surface area contributed by atoms with Crippen LogP contribution in [0.25, 0.3) is 0 Å². The molecule has 0 aliphatic heterocycles. The molecule has 0 saturated heterocycles. The summed E-state index contributed by atoms with van der Waals surface area (Å²) in [7, 11) is 0. The van der Waals surface area contributed by atoms with Crippen molar-refractivity contribution >= 4 is 28.1 Å². The number of nitrogens with one attached hydrogen (secondary N) is 1. The Balaban J connectivity index is 1.93. The Hall–Kier alpha value is -1.82. The third-order valence-electron chi connectivity index (χ3n) is 1.70. The number of hydrazone groups is 1. The Morgan fingerprint density at radius 3 is 2.94 bits per heavy atom. The lowest BCUT2D eigenvalue weighted by atomic mass is 10.4. The van der Waals surface area contributed by atoms with Crippen molar-refractivity contribution in [3.8, 4) is 0 Å². The predicted molar refractivity (Wildman–Crippen MR) is 60.2 cm³/mol. The first-order valence-electron chi connectivity index (χ1n) is 4.38. The van der Waals surface area contributed by atoms with E-state index in [9.17, 15) is 4.79 Å². The Morgan fingerprint density at radius 2 is 2.31 bits per heavy atom. The van der Waals surface area contributed by atoms with Crippen LogP contribution in [0.5, 0.6) is 0 Å². The van der Waals surface area contributed by atoms with E-state index in [2.05, 4.69) is 26.5 Å². The molecule has 2 aromatic rings. The second-order valence-corrected chi connectivity index (χ2v) is 3.60. The second-order valence-electron chi connectivity index (χ2n) is 2.82. The summed E-state index contributed by atoms with van der Waals surface area (Å²) in [6, 6.07) is 6.62. The molecule has 6 heteroatoms. The summed E-state index contributed by atoms with van der Waals surface area (Å²) in [5.74, 6) is 0.330. The average Bonchev–Trinajstić information content (AvgIpc) is 2.89. The second kappa shape index (κ2) is 4.80. The maximum atomic E-state index is 11.3. The number of hydrogen-bond acceptors (Lipinski definition) is 4. The van der Waals surface area contributed by atoms with Crippen molar-refractivity contribution in [1.29, 1.82) is 0 Å². The number of rotatable bonds is 3. The molecule has 0 aliphatic rings. The first kappa shape index (κ1) is 10.7. The standard InChI is InChI=1S/C10H7BrN2O3/c11-9-4-3-7(16-9)6-12-13-10(14)8-2-1-5-15-8/h1-6H,(H,13,14)/b12-6+. The Morgan fingerprint density at radius 1 is 1.44 bits per heavy atom. The van der Waals surface area contributed by atoms with Crippen LogP contribution in [0, 0.1) is 0 Å². The van der Waals surface area contributed by atoms with Crippen molar-refractivity contribution < 1.29 is 13.6 Å². The zero-order chi connectivity index (χ0) is 11.4. The lowest BCUT2D eigenvalue weighted by Gasteiger charge is -1.93. The molecule has 0 aromatic carbocycles. The molecule has 2 rings (SSSR count). The van der Waals surface area contributed by atoms with Gasteiger partial charge in [-0.05, 0) is 40.2 Å². The molecule has 82 valence electrons. The van der Waals surface area contributed by atoms with E-state index in [0.717, 1.165) is 0 Å². The third-order valence-corrected chi connectivity index (χ3v) is 2.12. The van der Waals surface area contributed by atoms with E-state index in [4.69, 9.17) is 8.83 Å². The molecule has 0 aliphatic carbocycles. The van der Waals surface area contributed by atoms with Crippen LogP contribution in [0.15, 0.2) is 49.1 Å². The van der Waals surface area contributed by atoms with Crippen LogP contribution in [0.3, 0.4) is 0 Å². The van der Waals surface area contributed by atoms with Gasteiger partial charge in [-0.2, -0.15) is 5.10 Å². The zero-order valence-electron chi connectivity index (χ0n) is 8.01. The molecule has 0 saturated carbocycles. The van der Waals surface area contributed by atoms with E-state index in [1.54, 1.807) is 24.3 Å². The van der Waals surface area contributed by atoms with Crippen molar-refractivity contribution in [3.63, 3.8) is 0 Å². The normalized spacial score (nSPS) is 10.8. The van der Waals surface area contributed by atoms with Gasteiger partial charge in [-0.15, -0.1) is 0 Å². The SMILES string of the molecule is O=C(N/N=C/c1ccc(Br)o1)c1ccco1. The molecule has 2 heterocycles. The van der Waals surface area contributed by atoms with Crippen molar-refractivity contribution in [1.82, 2.24) is 5.43 Å². The van der Waals surface area contributed by atoms with Crippen molar-refractivity contribution in [3.05, 3.63) is 46.7 Å². The highest BCUT2D eigenvalue weighted by Gasteiger charge is 2.05. The zero-order valence-corrected chi connectivity index (χ0v) is 9.60. The molecule has 1 amide bonds. The summed E-state index contributed by atoms with van der Waals surface area (Å²) in [5.41, 5.74) is 2.30. The van der Waals surface area contributed by atoms with Crippen molar-refractivity contribution in [2.75, 3.05) is 0 Å². The number of halogens is 1. The van der Waals surface area contributed by atoms with Crippen LogP contribution in [0.1, 0.15) is 16.3 Å². The van der Waals surface area contributed by atoms with E-state index in [1.165, 1.54) is 12.5 Å². The van der Waals surface area contributed by atoms with E-state index < -0.39 is 5.91 Å². The predicted octanol–water partition coefficient (Wildman–Crippen LogP) is 2.40. The minimum absolute atomic E-state index is 0.206. The van der Waals surface area contributed by atoms with Gasteiger partial charge in [-0.25, -0.2) is 5.43 Å². The van der Waals surface area contributed by atoms with Crippen LogP contribution in [0.4, 0.5) is 0 Å². The molecule has 0 fully saturated rings. The summed E-state index contributed by atoms with van der Waals surface area (Å²) in [6.07, 6.45) is 2.81. The molecular formula is C10H7BrN2O3. The monoisotopic (exact) mass is 282 g/mol. The molecule has 16 heavy (non-hydrogen) atoms. The largest absolute Gasteiger partial charge is 0.459 e. The maximum absolute atomic E-state index is 11.3. The molecular weight excluding hydrogens is 276 g/mol. The maximum Gasteiger partial charge on any atom is 0.307 e. The van der Waals surface area contributed by atoms with Gasteiger partial charge in [0.15, 0.2) is 10.4 Å². The molecule has 1 N–H and O–H groups in total. The van der Waals surface area contributed by atoms with Gasteiger partial charge < -0.3 is 8.83 Å². The summed E-state index contributed by atoms with van der Waals surface area (Å²) >= 11 is 3.15. The molecule has 0 atom stereocenters. The van der Waals surface area contributed by atoms with Gasteiger partial charge in [0.1, 0.15) is 5.76 Å². The summed E-state index contributed by atoms with van der Waals surface area (Å²) in [4.78, 5) is 11.3. The van der Waals surface area contributed by atoms with Gasteiger partial charge in [-0.3, -0.25) is 4.79 Å². The van der Waals surface area contributed by atoms with Gasteiger partial charge >= 0.3 is 5.91 Å². The van der Waals surface area contributed by atoms with Gasteiger partial charge in [0, 0.05) is 0 Å². The summed E-state index contributed by atoms with van der Waals surface area (Å²) in [5, 5.41) is 3.71. The first-order valence-corrected chi connectivity index (χ1v) is 5.17. The molecule has 2 aromatic heterocycles. The fraction of sp³-hybridized carbons (Fsp3) is 0. The Kier molecular flexibility index (Phi) is 3.21. The number of nitrogens with zero attached hydrogens (tertiary/aromatic N) is 1. The van der Waals surface area contributed by atoms with Crippen LogP contribution < -0.4 is 5.43 Å². The number of carbonyl (C=O) groups is 1. The van der Waals surface area contributed by atoms with Crippen LogP contribution >= 0.6 is 15.9 Å². The highest BCUT2D eigenvalue weighted by Crippen LogP contribution is 2.11. The fourth-order valence-electron chi connectivity index (χ4n) is 1.02. The van der Waals surface area contributed by atoms with Crippen LogP contribution in [-0.4, -0.2) is 12.1 Å². The minimum atomic E-state index is -0.410. The van der Waals surface area contributed by atoms with Gasteiger partial charge in [0.05, 0.1) is 12.5 Å². The van der Waals surface area contributed by atoms with E-state index in [0.29, 0.717) is 10.4 Å². The average molecular weight is 283 g/mol. The van der Waals surface area contributed by atoms with Crippen molar-refractivity contribution in [2.24, 2.45) is 5.10 Å². The van der Waals surface area contributed by atoms with Crippen molar-refractivity contribution in [2.45, 2.75) is 0 Å². The summed E-state index contributed by atoms with van der Waals surface area (Å²) in [6.45, 7) is 0. The topological polar surface area (TPSA) is 67.7 Å². The Bertz CT molecular complexity index is 502. The third kappa shape index (κ3) is 2.60. The van der Waals surface area contributed by atoms with E-state index >= 15 is 0 Å². The molecule has 0 bridgehead atoms. The highest BCUT2D eigenvalue weighted by molar-refractivity contribution is 9.10. The van der Waals surface area contributed by atoms with Gasteiger partial charge in [0.25, 0.3) is 0 Å².